The lowest BCUT2D eigenvalue weighted by molar-refractivity contribution is 0.235. The third-order valence-corrected chi connectivity index (χ3v) is 6.18. The molecule has 4 rings (SSSR count). The standard InChI is InChI=1S/C24H34N6O/c31-24(27-21-11-15-30(20-21)23-10-4-5-12-25-23)26-13-6-7-14-28-16-18-29(19-17-28)22-8-2-1-3-9-22/h1-5,8-10,12,21H,6-7,11,13-20H2,(H2,26,27,31). The van der Waals surface area contributed by atoms with Gasteiger partial charge in [0.2, 0.25) is 0 Å². The van der Waals surface area contributed by atoms with Crippen molar-refractivity contribution in [3.63, 3.8) is 0 Å². The molecule has 2 saturated heterocycles. The van der Waals surface area contributed by atoms with Crippen LogP contribution in [0.3, 0.4) is 0 Å². The number of rotatable bonds is 8. The minimum absolute atomic E-state index is 0.0515. The number of piperazine rings is 1. The first kappa shape index (κ1) is 21.4. The van der Waals surface area contributed by atoms with E-state index < -0.39 is 0 Å². The topological polar surface area (TPSA) is 63.7 Å². The van der Waals surface area contributed by atoms with Gasteiger partial charge in [0, 0.05) is 63.7 Å². The number of urea groups is 1. The van der Waals surface area contributed by atoms with Crippen LogP contribution in [0.15, 0.2) is 54.7 Å². The molecular formula is C24H34N6O. The zero-order valence-electron chi connectivity index (χ0n) is 18.2. The number of benzene rings is 1. The van der Waals surface area contributed by atoms with Crippen LogP contribution in [0.1, 0.15) is 19.3 Å². The minimum atomic E-state index is -0.0515. The smallest absolute Gasteiger partial charge is 0.315 e. The number of nitrogens with one attached hydrogen (secondary N) is 2. The summed E-state index contributed by atoms with van der Waals surface area (Å²) in [4.78, 5) is 23.8. The molecule has 2 fully saturated rings. The van der Waals surface area contributed by atoms with Gasteiger partial charge in [-0.15, -0.1) is 0 Å². The second-order valence-corrected chi connectivity index (χ2v) is 8.39. The molecule has 2 amide bonds. The number of nitrogens with zero attached hydrogens (tertiary/aromatic N) is 4. The third-order valence-electron chi connectivity index (χ3n) is 6.18. The summed E-state index contributed by atoms with van der Waals surface area (Å²) in [5.74, 6) is 0.983. The van der Waals surface area contributed by atoms with E-state index in [1.54, 1.807) is 0 Å². The van der Waals surface area contributed by atoms with Crippen molar-refractivity contribution in [1.82, 2.24) is 20.5 Å². The van der Waals surface area contributed by atoms with Gasteiger partial charge >= 0.3 is 6.03 Å². The first-order chi connectivity index (χ1) is 15.3. The Kier molecular flexibility index (Phi) is 7.60. The van der Waals surface area contributed by atoms with Crippen molar-refractivity contribution in [1.29, 1.82) is 0 Å². The van der Waals surface area contributed by atoms with Crippen molar-refractivity contribution in [3.05, 3.63) is 54.7 Å². The third kappa shape index (κ3) is 6.34. The number of carbonyl (C=O) groups excluding carboxylic acids is 1. The van der Waals surface area contributed by atoms with E-state index in [1.165, 1.54) is 5.69 Å². The molecule has 0 radical (unpaired) electrons. The summed E-state index contributed by atoms with van der Waals surface area (Å²) in [6.45, 7) is 7.97. The van der Waals surface area contributed by atoms with Crippen LogP contribution in [0.2, 0.25) is 0 Å². The highest BCUT2D eigenvalue weighted by atomic mass is 16.2. The maximum absolute atomic E-state index is 12.2. The fourth-order valence-electron chi connectivity index (χ4n) is 4.39. The molecule has 2 aromatic rings. The average Bonchev–Trinajstić information content (AvgIpc) is 3.29. The number of unbranched alkanes of at least 4 members (excludes halogenated alkanes) is 1. The van der Waals surface area contributed by atoms with Crippen LogP contribution in [0.5, 0.6) is 0 Å². The molecule has 0 bridgehead atoms. The Morgan fingerprint density at radius 2 is 1.74 bits per heavy atom. The second kappa shape index (κ2) is 11.0. The molecule has 31 heavy (non-hydrogen) atoms. The molecule has 3 heterocycles. The monoisotopic (exact) mass is 422 g/mol. The number of aromatic nitrogens is 1. The normalized spacial score (nSPS) is 19.4. The molecule has 0 aliphatic carbocycles. The number of anilines is 2. The predicted molar refractivity (Wildman–Crippen MR) is 126 cm³/mol. The van der Waals surface area contributed by atoms with Gasteiger partial charge in [-0.2, -0.15) is 0 Å². The molecule has 2 aliphatic rings. The van der Waals surface area contributed by atoms with Gasteiger partial charge in [0.05, 0.1) is 0 Å². The second-order valence-electron chi connectivity index (χ2n) is 8.39. The summed E-state index contributed by atoms with van der Waals surface area (Å²) in [6.07, 6.45) is 4.89. The van der Waals surface area contributed by atoms with Crippen molar-refractivity contribution in [2.75, 3.05) is 62.2 Å². The molecule has 7 heteroatoms. The molecule has 2 aliphatic heterocycles. The van der Waals surface area contributed by atoms with Crippen LogP contribution in [-0.2, 0) is 0 Å². The van der Waals surface area contributed by atoms with Gasteiger partial charge < -0.3 is 20.4 Å². The van der Waals surface area contributed by atoms with E-state index in [0.29, 0.717) is 0 Å². The SMILES string of the molecule is O=C(NCCCCN1CCN(c2ccccc2)CC1)NC1CCN(c2ccccn2)C1. The number of pyridine rings is 1. The van der Waals surface area contributed by atoms with Gasteiger partial charge in [-0.25, -0.2) is 9.78 Å². The van der Waals surface area contributed by atoms with Crippen molar-refractivity contribution in [2.24, 2.45) is 0 Å². The van der Waals surface area contributed by atoms with Gasteiger partial charge in [-0.1, -0.05) is 24.3 Å². The van der Waals surface area contributed by atoms with Crippen LogP contribution in [0.25, 0.3) is 0 Å². The van der Waals surface area contributed by atoms with Gasteiger partial charge in [0.15, 0.2) is 0 Å². The van der Waals surface area contributed by atoms with Crippen LogP contribution < -0.4 is 20.4 Å². The molecule has 1 aromatic carbocycles. The Hall–Kier alpha value is -2.80. The Bertz CT molecular complexity index is 794. The Morgan fingerprint density at radius 1 is 0.935 bits per heavy atom. The quantitative estimate of drug-likeness (QED) is 0.640. The number of carbonyl (C=O) groups is 1. The predicted octanol–water partition coefficient (Wildman–Crippen LogP) is 2.56. The lowest BCUT2D eigenvalue weighted by Crippen LogP contribution is -2.46. The van der Waals surface area contributed by atoms with Crippen LogP contribution in [0.4, 0.5) is 16.3 Å². The summed E-state index contributed by atoms with van der Waals surface area (Å²) < 4.78 is 0. The van der Waals surface area contributed by atoms with E-state index >= 15 is 0 Å². The van der Waals surface area contributed by atoms with E-state index in [0.717, 1.165) is 77.4 Å². The Morgan fingerprint density at radius 3 is 2.52 bits per heavy atom. The van der Waals surface area contributed by atoms with E-state index in [9.17, 15) is 4.79 Å². The summed E-state index contributed by atoms with van der Waals surface area (Å²) in [5, 5.41) is 6.12. The average molecular weight is 423 g/mol. The van der Waals surface area contributed by atoms with Crippen molar-refractivity contribution in [2.45, 2.75) is 25.3 Å². The van der Waals surface area contributed by atoms with Crippen molar-refractivity contribution < 1.29 is 4.79 Å². The highest BCUT2D eigenvalue weighted by molar-refractivity contribution is 5.74. The molecule has 0 saturated carbocycles. The first-order valence-electron chi connectivity index (χ1n) is 11.5. The molecule has 166 valence electrons. The van der Waals surface area contributed by atoms with E-state index in [1.807, 2.05) is 24.4 Å². The molecule has 1 atom stereocenters. The molecule has 1 aromatic heterocycles. The highest BCUT2D eigenvalue weighted by Crippen LogP contribution is 2.17. The zero-order chi connectivity index (χ0) is 21.3. The molecular weight excluding hydrogens is 388 g/mol. The minimum Gasteiger partial charge on any atom is -0.369 e. The maximum Gasteiger partial charge on any atom is 0.315 e. The summed E-state index contributed by atoms with van der Waals surface area (Å²) in [5.41, 5.74) is 1.32. The summed E-state index contributed by atoms with van der Waals surface area (Å²) in [7, 11) is 0. The number of para-hydroxylation sites is 1. The molecule has 7 nitrogen and oxygen atoms in total. The largest absolute Gasteiger partial charge is 0.369 e. The van der Waals surface area contributed by atoms with Crippen LogP contribution in [0, 0.1) is 0 Å². The van der Waals surface area contributed by atoms with Gasteiger partial charge in [0.25, 0.3) is 0 Å². The Labute approximate surface area is 185 Å². The number of hydrogen-bond donors (Lipinski definition) is 2. The van der Waals surface area contributed by atoms with E-state index in [-0.39, 0.29) is 12.1 Å². The lowest BCUT2D eigenvalue weighted by atomic mass is 10.2. The summed E-state index contributed by atoms with van der Waals surface area (Å²) in [6, 6.07) is 16.7. The fourth-order valence-corrected chi connectivity index (χ4v) is 4.39. The van der Waals surface area contributed by atoms with Gasteiger partial charge in [-0.3, -0.25) is 4.90 Å². The Balaban J connectivity index is 1.05. The fraction of sp³-hybridized carbons (Fsp3) is 0.500. The number of hydrogen-bond acceptors (Lipinski definition) is 5. The lowest BCUT2D eigenvalue weighted by Gasteiger charge is -2.36. The van der Waals surface area contributed by atoms with Crippen LogP contribution in [-0.4, -0.2) is 74.3 Å². The van der Waals surface area contributed by atoms with Gasteiger partial charge in [0.1, 0.15) is 5.82 Å². The first-order valence-corrected chi connectivity index (χ1v) is 11.5. The van der Waals surface area contributed by atoms with Crippen molar-refractivity contribution >= 4 is 17.5 Å². The molecule has 2 N–H and O–H groups in total. The zero-order valence-corrected chi connectivity index (χ0v) is 18.2. The highest BCUT2D eigenvalue weighted by Gasteiger charge is 2.24. The maximum atomic E-state index is 12.2. The van der Waals surface area contributed by atoms with Crippen molar-refractivity contribution in [3.8, 4) is 0 Å². The molecule has 1 unspecified atom stereocenters. The summed E-state index contributed by atoms with van der Waals surface area (Å²) >= 11 is 0. The van der Waals surface area contributed by atoms with E-state index in [4.69, 9.17) is 0 Å². The van der Waals surface area contributed by atoms with Gasteiger partial charge in [-0.05, 0) is 50.1 Å². The number of amides is 2. The van der Waals surface area contributed by atoms with Crippen LogP contribution >= 0.6 is 0 Å². The van der Waals surface area contributed by atoms with E-state index in [2.05, 4.69) is 60.6 Å². The molecule has 0 spiro atoms.